The zero-order valence-corrected chi connectivity index (χ0v) is 10.0. The van der Waals surface area contributed by atoms with Gasteiger partial charge >= 0.3 is 6.18 Å². The van der Waals surface area contributed by atoms with Gasteiger partial charge in [-0.25, -0.2) is 0 Å². The largest absolute Gasteiger partial charge is 0.395 e. The predicted molar refractivity (Wildman–Crippen MR) is 62.1 cm³/mol. The Balaban J connectivity index is 2.15. The van der Waals surface area contributed by atoms with E-state index < -0.39 is 18.6 Å². The highest BCUT2D eigenvalue weighted by Crippen LogP contribution is 2.27. The second kappa shape index (κ2) is 5.03. The fourth-order valence-corrected chi connectivity index (χ4v) is 2.34. The van der Waals surface area contributed by atoms with Crippen LogP contribution in [0.4, 0.5) is 13.2 Å². The molecule has 96 valence electrons. The van der Waals surface area contributed by atoms with E-state index in [2.05, 4.69) is 10.2 Å². The highest BCUT2D eigenvalue weighted by molar-refractivity contribution is 7.11. The molecule has 7 heteroatoms. The van der Waals surface area contributed by atoms with Crippen LogP contribution in [-0.2, 0) is 6.42 Å². The molecular formula is C11H10F3N3S. The topological polar surface area (TPSA) is 51.8 Å². The predicted octanol–water partition coefficient (Wildman–Crippen LogP) is 2.69. The smallest absolute Gasteiger partial charge is 0.318 e. The van der Waals surface area contributed by atoms with Gasteiger partial charge in [-0.1, -0.05) is 41.7 Å². The summed E-state index contributed by atoms with van der Waals surface area (Å²) in [5.74, 6) is 0. The van der Waals surface area contributed by atoms with Crippen LogP contribution in [-0.4, -0.2) is 16.4 Å². The maximum atomic E-state index is 12.2. The van der Waals surface area contributed by atoms with Crippen molar-refractivity contribution in [3.05, 3.63) is 45.9 Å². The van der Waals surface area contributed by atoms with Crippen molar-refractivity contribution in [2.45, 2.75) is 18.6 Å². The Hall–Kier alpha value is -1.47. The maximum absolute atomic E-state index is 12.2. The molecule has 1 aromatic carbocycles. The van der Waals surface area contributed by atoms with Gasteiger partial charge in [0.05, 0.1) is 12.5 Å². The lowest BCUT2D eigenvalue weighted by atomic mass is 10.1. The van der Waals surface area contributed by atoms with E-state index in [1.165, 1.54) is 0 Å². The van der Waals surface area contributed by atoms with Crippen molar-refractivity contribution < 1.29 is 13.2 Å². The van der Waals surface area contributed by atoms with Crippen molar-refractivity contribution in [1.82, 2.24) is 10.2 Å². The standard InChI is InChI=1S/C11H10F3N3S/c12-11(13,14)6-8-16-17-10(18-8)9(15)7-4-2-1-3-5-7/h1-5,9H,6,15H2. The Labute approximate surface area is 105 Å². The summed E-state index contributed by atoms with van der Waals surface area (Å²) >= 11 is 0.895. The number of nitrogens with zero attached hydrogens (tertiary/aromatic N) is 2. The molecule has 0 radical (unpaired) electrons. The Morgan fingerprint density at radius 3 is 2.44 bits per heavy atom. The van der Waals surface area contributed by atoms with Crippen LogP contribution >= 0.6 is 11.3 Å². The van der Waals surface area contributed by atoms with Gasteiger partial charge in [0, 0.05) is 0 Å². The molecule has 1 aromatic heterocycles. The van der Waals surface area contributed by atoms with Crippen molar-refractivity contribution in [3.8, 4) is 0 Å². The molecule has 0 saturated heterocycles. The Kier molecular flexibility index (Phi) is 3.63. The fourth-order valence-electron chi connectivity index (χ4n) is 1.44. The molecule has 1 heterocycles. The van der Waals surface area contributed by atoms with E-state index in [1.54, 1.807) is 12.1 Å². The van der Waals surface area contributed by atoms with Gasteiger partial charge in [-0.3, -0.25) is 0 Å². The van der Waals surface area contributed by atoms with Crippen LogP contribution in [0.25, 0.3) is 0 Å². The van der Waals surface area contributed by atoms with Gasteiger partial charge in [0.2, 0.25) is 0 Å². The summed E-state index contributed by atoms with van der Waals surface area (Å²) in [7, 11) is 0. The number of hydrogen-bond donors (Lipinski definition) is 1. The molecule has 0 saturated carbocycles. The van der Waals surface area contributed by atoms with Gasteiger partial charge in [0.15, 0.2) is 0 Å². The summed E-state index contributed by atoms with van der Waals surface area (Å²) in [5.41, 5.74) is 6.72. The Morgan fingerprint density at radius 2 is 1.83 bits per heavy atom. The quantitative estimate of drug-likeness (QED) is 0.935. The van der Waals surface area contributed by atoms with E-state index in [0.717, 1.165) is 16.9 Å². The molecule has 1 atom stereocenters. The minimum absolute atomic E-state index is 0.0659. The molecule has 3 nitrogen and oxygen atoms in total. The summed E-state index contributed by atoms with van der Waals surface area (Å²) in [5, 5.41) is 7.56. The van der Waals surface area contributed by atoms with E-state index >= 15 is 0 Å². The highest BCUT2D eigenvalue weighted by atomic mass is 32.1. The monoisotopic (exact) mass is 273 g/mol. The van der Waals surface area contributed by atoms with Gasteiger partial charge < -0.3 is 5.73 Å². The molecule has 0 amide bonds. The minimum Gasteiger partial charge on any atom is -0.318 e. The van der Waals surface area contributed by atoms with Crippen molar-refractivity contribution >= 4 is 11.3 Å². The first-order valence-electron chi connectivity index (χ1n) is 5.15. The first-order valence-corrected chi connectivity index (χ1v) is 5.97. The Morgan fingerprint density at radius 1 is 1.17 bits per heavy atom. The molecule has 0 aliphatic rings. The molecular weight excluding hydrogens is 263 g/mol. The average molecular weight is 273 g/mol. The first kappa shape index (κ1) is 13.0. The van der Waals surface area contributed by atoms with Crippen molar-refractivity contribution in [2.75, 3.05) is 0 Å². The van der Waals surface area contributed by atoms with Crippen LogP contribution in [0.5, 0.6) is 0 Å². The van der Waals surface area contributed by atoms with Crippen molar-refractivity contribution in [2.24, 2.45) is 5.73 Å². The summed E-state index contributed by atoms with van der Waals surface area (Å²) in [4.78, 5) is 0. The first-order chi connectivity index (χ1) is 8.46. The number of hydrogen-bond acceptors (Lipinski definition) is 4. The lowest BCUT2D eigenvalue weighted by molar-refractivity contribution is -0.127. The van der Waals surface area contributed by atoms with Gasteiger partial charge in [-0.2, -0.15) is 13.2 Å². The second-order valence-electron chi connectivity index (χ2n) is 3.71. The SMILES string of the molecule is NC(c1ccccc1)c1nnc(CC(F)(F)F)s1. The maximum Gasteiger partial charge on any atom is 0.395 e. The third-order valence-electron chi connectivity index (χ3n) is 2.26. The lowest BCUT2D eigenvalue weighted by Gasteiger charge is -2.07. The molecule has 0 aliphatic heterocycles. The number of halogens is 3. The summed E-state index contributed by atoms with van der Waals surface area (Å²) in [6, 6.07) is 8.53. The number of nitrogens with two attached hydrogens (primary N) is 1. The third-order valence-corrected chi connectivity index (χ3v) is 3.27. The molecule has 0 spiro atoms. The van der Waals surface area contributed by atoms with E-state index in [-0.39, 0.29) is 5.01 Å². The lowest BCUT2D eigenvalue weighted by Crippen LogP contribution is -2.11. The number of aromatic nitrogens is 2. The summed E-state index contributed by atoms with van der Waals surface area (Å²) < 4.78 is 36.5. The van der Waals surface area contributed by atoms with E-state index in [4.69, 9.17) is 5.73 Å². The van der Waals surface area contributed by atoms with Gasteiger partial charge in [-0.15, -0.1) is 10.2 Å². The van der Waals surface area contributed by atoms with E-state index in [1.807, 2.05) is 18.2 Å². The zero-order chi connectivity index (χ0) is 13.2. The summed E-state index contributed by atoms with van der Waals surface area (Å²) in [6.45, 7) is 0. The van der Waals surface area contributed by atoms with E-state index in [9.17, 15) is 13.2 Å². The van der Waals surface area contributed by atoms with Crippen LogP contribution in [0, 0.1) is 0 Å². The van der Waals surface area contributed by atoms with Crippen LogP contribution in [0.1, 0.15) is 21.6 Å². The number of benzene rings is 1. The molecule has 0 fully saturated rings. The highest BCUT2D eigenvalue weighted by Gasteiger charge is 2.30. The van der Waals surface area contributed by atoms with Crippen LogP contribution in [0.15, 0.2) is 30.3 Å². The van der Waals surface area contributed by atoms with Gasteiger partial charge in [0.25, 0.3) is 0 Å². The summed E-state index contributed by atoms with van der Waals surface area (Å²) in [6.07, 6.45) is -5.33. The zero-order valence-electron chi connectivity index (χ0n) is 9.19. The third kappa shape index (κ3) is 3.27. The van der Waals surface area contributed by atoms with Crippen LogP contribution in [0.2, 0.25) is 0 Å². The molecule has 1 unspecified atom stereocenters. The molecule has 0 bridgehead atoms. The van der Waals surface area contributed by atoms with Gasteiger partial charge in [-0.05, 0) is 5.56 Å². The molecule has 2 aromatic rings. The Bertz CT molecular complexity index is 510. The van der Waals surface area contributed by atoms with Gasteiger partial charge in [0.1, 0.15) is 10.0 Å². The molecule has 18 heavy (non-hydrogen) atoms. The second-order valence-corrected chi connectivity index (χ2v) is 4.81. The molecule has 2 N–H and O–H groups in total. The molecule has 2 rings (SSSR count). The van der Waals surface area contributed by atoms with Crippen LogP contribution in [0.3, 0.4) is 0 Å². The minimum atomic E-state index is -4.27. The average Bonchev–Trinajstić information content (AvgIpc) is 2.75. The van der Waals surface area contributed by atoms with Crippen molar-refractivity contribution in [3.63, 3.8) is 0 Å². The molecule has 0 aliphatic carbocycles. The van der Waals surface area contributed by atoms with E-state index in [0.29, 0.717) is 5.01 Å². The number of alkyl halides is 3. The van der Waals surface area contributed by atoms with Crippen molar-refractivity contribution in [1.29, 1.82) is 0 Å². The normalized spacial score (nSPS) is 13.6. The van der Waals surface area contributed by atoms with Crippen LogP contribution < -0.4 is 5.73 Å². The number of rotatable bonds is 3. The fraction of sp³-hybridized carbons (Fsp3) is 0.273.